The Hall–Kier alpha value is -0.420. The minimum Gasteiger partial charge on any atom is -0.301 e. The lowest BCUT2D eigenvalue weighted by atomic mass is 9.86. The molecule has 0 radical (unpaired) electrons. The van der Waals surface area contributed by atoms with E-state index in [0.29, 0.717) is 6.04 Å². The molecule has 4 rings (SSSR count). The fraction of sp³-hybridized carbons (Fsp3) is 0.957. The molecule has 0 aromatic heterocycles. The summed E-state index contributed by atoms with van der Waals surface area (Å²) >= 11 is 0. The first-order valence-corrected chi connectivity index (χ1v) is 20.6. The molecular weight excluding hydrogens is 621 g/mol. The van der Waals surface area contributed by atoms with Crippen molar-refractivity contribution in [2.45, 2.75) is 203 Å². The molecule has 4 aliphatic rings. The quantitative estimate of drug-likeness (QED) is 0.231. The molecule has 312 valence electrons. The average molecular weight is 725 g/mol. The molecule has 3 saturated heterocycles. The van der Waals surface area contributed by atoms with Gasteiger partial charge in [-0.25, -0.2) is 0 Å². The summed E-state index contributed by atoms with van der Waals surface area (Å²) in [6, 6.07) is 2.94. The smallest absolute Gasteiger partial charge is 0.0168 e. The van der Waals surface area contributed by atoms with E-state index in [4.69, 9.17) is 0 Å². The highest BCUT2D eigenvalue weighted by Gasteiger charge is 2.26. The van der Waals surface area contributed by atoms with Crippen LogP contribution in [-0.2, 0) is 0 Å². The fourth-order valence-electron chi connectivity index (χ4n) is 7.68. The summed E-state index contributed by atoms with van der Waals surface area (Å²) in [7, 11) is 0. The largest absolute Gasteiger partial charge is 0.301 e. The Morgan fingerprint density at radius 1 is 0.431 bits per heavy atom. The molecule has 2 unspecified atom stereocenters. The zero-order chi connectivity index (χ0) is 35.8. The predicted octanol–water partition coefficient (Wildman–Crippen LogP) is 13.1. The molecule has 0 saturated carbocycles. The fourth-order valence-corrected chi connectivity index (χ4v) is 7.68. The highest BCUT2D eigenvalue weighted by atomic mass is 15.2. The van der Waals surface area contributed by atoms with E-state index in [-0.39, 0.29) is 29.7 Å². The molecule has 0 spiro atoms. The molecule has 51 heavy (non-hydrogen) atoms. The summed E-state index contributed by atoms with van der Waals surface area (Å²) in [5.74, 6) is 6.27. The summed E-state index contributed by atoms with van der Waals surface area (Å²) in [5.41, 5.74) is 1.65. The first-order valence-electron chi connectivity index (χ1n) is 20.6. The van der Waals surface area contributed by atoms with Crippen molar-refractivity contribution in [1.82, 2.24) is 19.6 Å². The second kappa shape index (κ2) is 29.9. The standard InChI is InChI=1S/C11H23N.C11H21N.C11H23N.C10H21N.4CH4/c2*1-9(2)11-5-7-12(8-6-11)10(3)4;1-9(2)11-6-5-7-12(8-11)10(3)4;1-8(2)10-5-6-11(7-10)9(3)4;;;;/h9-11H,5-8H2,1-4H3;5,9-10H,6-8H2,1-4H3;9-11H,5-8H2,1-4H3;8-10H,5-7H2,1-4H3;4*1H4. The van der Waals surface area contributed by atoms with Crippen molar-refractivity contribution in [2.24, 2.45) is 41.4 Å². The third kappa shape index (κ3) is 22.5. The maximum absolute atomic E-state index is 2.62. The van der Waals surface area contributed by atoms with E-state index in [1.54, 1.807) is 5.57 Å². The zero-order valence-corrected chi connectivity index (χ0v) is 35.1. The Morgan fingerprint density at radius 2 is 0.804 bits per heavy atom. The second-order valence-corrected chi connectivity index (χ2v) is 18.1. The van der Waals surface area contributed by atoms with Gasteiger partial charge in [-0.2, -0.15) is 0 Å². The lowest BCUT2D eigenvalue weighted by Gasteiger charge is -2.37. The number of nitrogens with zero attached hydrogens (tertiary/aromatic N) is 4. The Morgan fingerprint density at radius 3 is 1.12 bits per heavy atom. The molecule has 3 fully saturated rings. The van der Waals surface area contributed by atoms with Crippen molar-refractivity contribution in [2.75, 3.05) is 52.4 Å². The van der Waals surface area contributed by atoms with Crippen LogP contribution in [0, 0.1) is 41.4 Å². The summed E-state index contributed by atoms with van der Waals surface area (Å²) in [6.45, 7) is 47.4. The average Bonchev–Trinajstić information content (AvgIpc) is 3.54. The van der Waals surface area contributed by atoms with Crippen molar-refractivity contribution in [3.05, 3.63) is 11.6 Å². The molecule has 0 N–H and O–H groups in total. The van der Waals surface area contributed by atoms with Gasteiger partial charge in [0.05, 0.1) is 0 Å². The normalized spacial score (nSPS) is 22.3. The first kappa shape index (κ1) is 57.3. The van der Waals surface area contributed by atoms with Crippen molar-refractivity contribution < 1.29 is 0 Å². The molecule has 4 heterocycles. The number of piperidine rings is 2. The molecule has 2 atom stereocenters. The highest BCUT2D eigenvalue weighted by molar-refractivity contribution is 5.09. The number of hydrogen-bond acceptors (Lipinski definition) is 4. The predicted molar refractivity (Wildman–Crippen MR) is 239 cm³/mol. The molecular formula is C47H104N4. The van der Waals surface area contributed by atoms with Crippen molar-refractivity contribution in [1.29, 1.82) is 0 Å². The second-order valence-electron chi connectivity index (χ2n) is 18.1. The van der Waals surface area contributed by atoms with Crippen molar-refractivity contribution >= 4 is 0 Å². The van der Waals surface area contributed by atoms with Gasteiger partial charge >= 0.3 is 0 Å². The van der Waals surface area contributed by atoms with Crippen LogP contribution in [0.25, 0.3) is 0 Å². The lowest BCUT2D eigenvalue weighted by Crippen LogP contribution is -2.41. The minimum atomic E-state index is 0. The molecule has 4 aliphatic heterocycles. The topological polar surface area (TPSA) is 13.0 Å². The van der Waals surface area contributed by atoms with E-state index in [0.717, 1.165) is 66.1 Å². The van der Waals surface area contributed by atoms with E-state index in [1.807, 2.05) is 0 Å². The van der Waals surface area contributed by atoms with Crippen LogP contribution in [0.2, 0.25) is 0 Å². The summed E-state index contributed by atoms with van der Waals surface area (Å²) in [6.07, 6.45) is 10.8. The molecule has 0 amide bonds. The number of hydrogen-bond donors (Lipinski definition) is 0. The summed E-state index contributed by atoms with van der Waals surface area (Å²) in [5, 5.41) is 0. The van der Waals surface area contributed by atoms with Gasteiger partial charge in [-0.1, -0.05) is 96.7 Å². The molecule has 4 nitrogen and oxygen atoms in total. The van der Waals surface area contributed by atoms with Gasteiger partial charge in [-0.15, -0.1) is 0 Å². The van der Waals surface area contributed by atoms with Gasteiger partial charge in [0, 0.05) is 50.3 Å². The lowest BCUT2D eigenvalue weighted by molar-refractivity contribution is 0.117. The van der Waals surface area contributed by atoms with E-state index in [9.17, 15) is 0 Å². The van der Waals surface area contributed by atoms with E-state index in [2.05, 4.69) is 136 Å². The maximum atomic E-state index is 2.62. The summed E-state index contributed by atoms with van der Waals surface area (Å²) < 4.78 is 0. The maximum Gasteiger partial charge on any atom is 0.0168 e. The Bertz CT molecular complexity index is 759. The monoisotopic (exact) mass is 725 g/mol. The van der Waals surface area contributed by atoms with Crippen LogP contribution in [0.15, 0.2) is 11.6 Å². The van der Waals surface area contributed by atoms with Gasteiger partial charge in [0.1, 0.15) is 0 Å². The number of likely N-dealkylation sites (tertiary alicyclic amines) is 3. The van der Waals surface area contributed by atoms with Crippen LogP contribution in [0.5, 0.6) is 0 Å². The van der Waals surface area contributed by atoms with Crippen molar-refractivity contribution in [3.8, 4) is 0 Å². The van der Waals surface area contributed by atoms with Gasteiger partial charge in [-0.3, -0.25) is 4.90 Å². The molecule has 0 aromatic carbocycles. The number of rotatable bonds is 8. The third-order valence-corrected chi connectivity index (χ3v) is 12.1. The van der Waals surface area contributed by atoms with E-state index < -0.39 is 0 Å². The van der Waals surface area contributed by atoms with Crippen LogP contribution in [0.3, 0.4) is 0 Å². The zero-order valence-electron chi connectivity index (χ0n) is 35.1. The molecule has 0 aliphatic carbocycles. The molecule has 4 heteroatoms. The van der Waals surface area contributed by atoms with Gasteiger partial charge in [0.25, 0.3) is 0 Å². The highest BCUT2D eigenvalue weighted by Crippen LogP contribution is 2.27. The Kier molecular flexibility index (Phi) is 33.6. The van der Waals surface area contributed by atoms with E-state index in [1.165, 1.54) is 84.3 Å². The van der Waals surface area contributed by atoms with Crippen LogP contribution in [-0.4, -0.2) is 96.1 Å². The van der Waals surface area contributed by atoms with Gasteiger partial charge in [-0.05, 0) is 162 Å². The molecule has 0 aromatic rings. The Labute approximate surface area is 327 Å². The SMILES string of the molecule is C.C.C.C.CC(C)C1=CCN(C(C)C)CC1.CC(C)C1CCCN(C(C)C)C1.CC(C)C1CCN(C(C)C)C1.CC(C)C1CCN(C(C)C)CC1. The van der Waals surface area contributed by atoms with Gasteiger partial charge < -0.3 is 14.7 Å². The van der Waals surface area contributed by atoms with E-state index >= 15 is 0 Å². The first-order chi connectivity index (χ1) is 21.9. The van der Waals surface area contributed by atoms with Crippen molar-refractivity contribution in [3.63, 3.8) is 0 Å². The van der Waals surface area contributed by atoms with Gasteiger partial charge in [0.15, 0.2) is 0 Å². The van der Waals surface area contributed by atoms with Crippen LogP contribution < -0.4 is 0 Å². The molecule has 0 bridgehead atoms. The van der Waals surface area contributed by atoms with Crippen LogP contribution in [0.1, 0.15) is 179 Å². The third-order valence-electron chi connectivity index (χ3n) is 12.1. The minimum absolute atomic E-state index is 0. The van der Waals surface area contributed by atoms with Crippen LogP contribution in [0.4, 0.5) is 0 Å². The van der Waals surface area contributed by atoms with Gasteiger partial charge in [0.2, 0.25) is 0 Å². The van der Waals surface area contributed by atoms with Crippen LogP contribution >= 0.6 is 0 Å². The Balaban J connectivity index is -0.000000282. The summed E-state index contributed by atoms with van der Waals surface area (Å²) in [4.78, 5) is 10.3.